The van der Waals surface area contributed by atoms with E-state index in [9.17, 15) is 31.9 Å². The van der Waals surface area contributed by atoms with Crippen molar-refractivity contribution in [1.82, 2.24) is 25.1 Å². The summed E-state index contributed by atoms with van der Waals surface area (Å²) in [6.07, 6.45) is -3.04. The van der Waals surface area contributed by atoms with Crippen LogP contribution in [0.2, 0.25) is 0 Å². The Balaban J connectivity index is 1.54. The number of nitrogens with one attached hydrogen (secondary N) is 3. The van der Waals surface area contributed by atoms with Crippen LogP contribution in [0.5, 0.6) is 5.75 Å². The maximum atomic E-state index is 14.5. The minimum Gasteiger partial charge on any atom is -0.495 e. The average molecular weight is 661 g/mol. The molecule has 3 amide bonds. The lowest BCUT2D eigenvalue weighted by Gasteiger charge is -2.33. The summed E-state index contributed by atoms with van der Waals surface area (Å²) >= 11 is 0. The van der Waals surface area contributed by atoms with Crippen molar-refractivity contribution in [2.45, 2.75) is 58.0 Å². The van der Waals surface area contributed by atoms with Gasteiger partial charge in [0.2, 0.25) is 0 Å². The number of likely N-dealkylation sites (tertiary alicyclic amines) is 1. The second-order valence-corrected chi connectivity index (χ2v) is 11.9. The molecule has 0 spiro atoms. The first kappa shape index (κ1) is 34.9. The van der Waals surface area contributed by atoms with Gasteiger partial charge < -0.3 is 34.9 Å². The second kappa shape index (κ2) is 14.2. The Morgan fingerprint density at radius 1 is 1.04 bits per heavy atom. The number of piperidine rings is 1. The van der Waals surface area contributed by atoms with Gasteiger partial charge in [-0.3, -0.25) is 9.59 Å². The summed E-state index contributed by atoms with van der Waals surface area (Å²) in [6.45, 7) is 4.69. The van der Waals surface area contributed by atoms with Crippen LogP contribution in [0.3, 0.4) is 0 Å². The molecule has 0 radical (unpaired) electrons. The lowest BCUT2D eigenvalue weighted by atomic mass is 10.0. The third kappa shape index (κ3) is 9.05. The summed E-state index contributed by atoms with van der Waals surface area (Å²) in [6, 6.07) is 4.90. The summed E-state index contributed by atoms with van der Waals surface area (Å²) in [5.41, 5.74) is -0.173. The van der Waals surface area contributed by atoms with E-state index in [-0.39, 0.29) is 51.7 Å². The van der Waals surface area contributed by atoms with Gasteiger partial charge in [-0.1, -0.05) is 11.8 Å². The third-order valence-electron chi connectivity index (χ3n) is 7.16. The van der Waals surface area contributed by atoms with Crippen LogP contribution in [0, 0.1) is 17.7 Å². The number of benzene rings is 2. The monoisotopic (exact) mass is 660 g/mol. The molecule has 0 bridgehead atoms. The zero-order chi connectivity index (χ0) is 34.5. The van der Waals surface area contributed by atoms with Crippen molar-refractivity contribution in [1.29, 1.82) is 0 Å². The van der Waals surface area contributed by atoms with E-state index >= 15 is 0 Å². The van der Waals surface area contributed by atoms with Crippen LogP contribution in [0.15, 0.2) is 30.6 Å². The Morgan fingerprint density at radius 2 is 1.74 bits per heavy atom. The zero-order valence-electron chi connectivity index (χ0n) is 26.6. The standard InChI is InChI=1S/C32H36F4N6O5/c1-31(2,3)47-30(45)41-11-8-20(9-12-41)40-29(44)22-13-19(14-25-27(22)39-18-42(25)17-32(34,35)36)7-6-10-38-24-16-23(33)21(28(43)37-4)15-26(24)46-5/h13-16,18,20,38H,8-12,17H2,1-5H3,(H,37,43)(H,40,44). The number of alkyl halides is 3. The van der Waals surface area contributed by atoms with Gasteiger partial charge in [-0.05, 0) is 51.8 Å². The van der Waals surface area contributed by atoms with Gasteiger partial charge in [-0.2, -0.15) is 13.2 Å². The predicted octanol–water partition coefficient (Wildman–Crippen LogP) is 4.70. The molecular weight excluding hydrogens is 624 g/mol. The molecule has 15 heteroatoms. The van der Waals surface area contributed by atoms with E-state index in [0.717, 1.165) is 17.0 Å². The molecule has 4 rings (SSSR count). The van der Waals surface area contributed by atoms with Gasteiger partial charge in [0.05, 0.1) is 42.3 Å². The van der Waals surface area contributed by atoms with Crippen molar-refractivity contribution in [2.75, 3.05) is 39.1 Å². The molecule has 3 N–H and O–H groups in total. The maximum absolute atomic E-state index is 14.5. The number of amides is 3. The number of rotatable bonds is 7. The van der Waals surface area contributed by atoms with Crippen molar-refractivity contribution >= 4 is 34.6 Å². The number of carbonyl (C=O) groups excluding carboxylic acids is 3. The molecule has 1 fully saturated rings. The van der Waals surface area contributed by atoms with E-state index in [4.69, 9.17) is 9.47 Å². The third-order valence-corrected chi connectivity index (χ3v) is 7.16. The number of ether oxygens (including phenoxy) is 2. The molecule has 11 nitrogen and oxygen atoms in total. The molecule has 3 aromatic rings. The number of halogens is 4. The minimum absolute atomic E-state index is 0.0350. The number of methoxy groups -OCH3 is 1. The maximum Gasteiger partial charge on any atom is 0.410 e. The lowest BCUT2D eigenvalue weighted by Crippen LogP contribution is -2.47. The van der Waals surface area contributed by atoms with Crippen molar-refractivity contribution in [3.8, 4) is 17.6 Å². The summed E-state index contributed by atoms with van der Waals surface area (Å²) in [7, 11) is 2.73. The fourth-order valence-corrected chi connectivity index (χ4v) is 4.98. The largest absolute Gasteiger partial charge is 0.495 e. The lowest BCUT2D eigenvalue weighted by molar-refractivity contribution is -0.140. The van der Waals surface area contributed by atoms with E-state index in [1.807, 2.05) is 0 Å². The fraction of sp³-hybridized carbons (Fsp3) is 0.438. The number of hydrogen-bond acceptors (Lipinski definition) is 7. The van der Waals surface area contributed by atoms with Crippen LogP contribution in [-0.2, 0) is 11.3 Å². The van der Waals surface area contributed by atoms with Crippen LogP contribution in [0.25, 0.3) is 11.0 Å². The number of aromatic nitrogens is 2. The van der Waals surface area contributed by atoms with Crippen LogP contribution in [0.1, 0.15) is 59.9 Å². The van der Waals surface area contributed by atoms with Gasteiger partial charge in [-0.15, -0.1) is 0 Å². The molecule has 1 saturated heterocycles. The van der Waals surface area contributed by atoms with E-state index < -0.39 is 42.0 Å². The van der Waals surface area contributed by atoms with Crippen molar-refractivity contribution in [3.05, 3.63) is 53.1 Å². The molecule has 2 heterocycles. The highest BCUT2D eigenvalue weighted by molar-refractivity contribution is 6.05. The molecule has 47 heavy (non-hydrogen) atoms. The van der Waals surface area contributed by atoms with Gasteiger partial charge in [0.25, 0.3) is 11.8 Å². The summed E-state index contributed by atoms with van der Waals surface area (Å²) in [5.74, 6) is 3.91. The number of fused-ring (bicyclic) bond motifs is 1. The van der Waals surface area contributed by atoms with Crippen LogP contribution in [-0.4, -0.2) is 84.0 Å². The molecule has 252 valence electrons. The van der Waals surface area contributed by atoms with Gasteiger partial charge in [0.1, 0.15) is 29.2 Å². The van der Waals surface area contributed by atoms with Gasteiger partial charge in [0.15, 0.2) is 0 Å². The first-order chi connectivity index (χ1) is 22.1. The van der Waals surface area contributed by atoms with Gasteiger partial charge in [-0.25, -0.2) is 14.2 Å². The predicted molar refractivity (Wildman–Crippen MR) is 166 cm³/mol. The van der Waals surface area contributed by atoms with E-state index in [0.29, 0.717) is 25.9 Å². The molecule has 1 aliphatic rings. The normalized spacial score (nSPS) is 13.9. The van der Waals surface area contributed by atoms with Gasteiger partial charge in [0, 0.05) is 37.8 Å². The molecule has 0 saturated carbocycles. The summed E-state index contributed by atoms with van der Waals surface area (Å²) in [5, 5.41) is 8.16. The minimum atomic E-state index is -4.54. The van der Waals surface area contributed by atoms with Crippen molar-refractivity contribution < 1.29 is 41.4 Å². The quantitative estimate of drug-likeness (QED) is 0.248. The Kier molecular flexibility index (Phi) is 10.5. The Labute approximate surface area is 269 Å². The van der Waals surface area contributed by atoms with Crippen LogP contribution >= 0.6 is 0 Å². The number of nitrogens with zero attached hydrogens (tertiary/aromatic N) is 3. The molecule has 1 aliphatic heterocycles. The fourth-order valence-electron chi connectivity index (χ4n) is 4.98. The highest BCUT2D eigenvalue weighted by Crippen LogP contribution is 2.28. The molecular formula is C32H36F4N6O5. The summed E-state index contributed by atoms with van der Waals surface area (Å²) < 4.78 is 66.1. The SMILES string of the molecule is CNC(=O)c1cc(OC)c(NCC#Cc2cc(C(=O)NC3CCN(C(=O)OC(C)(C)C)CC3)c3ncn(CC(F)(F)F)c3c2)cc1F. The smallest absolute Gasteiger partial charge is 0.410 e. The zero-order valence-corrected chi connectivity index (χ0v) is 26.6. The summed E-state index contributed by atoms with van der Waals surface area (Å²) in [4.78, 5) is 43.5. The van der Waals surface area contributed by atoms with E-state index in [1.54, 1.807) is 25.7 Å². The number of hydrogen-bond donors (Lipinski definition) is 3. The molecule has 0 atom stereocenters. The Hall–Kier alpha value is -5.00. The molecule has 2 aromatic carbocycles. The average Bonchev–Trinajstić information content (AvgIpc) is 3.38. The number of imidazole rings is 1. The van der Waals surface area contributed by atoms with E-state index in [1.165, 1.54) is 32.4 Å². The molecule has 0 aliphatic carbocycles. The van der Waals surface area contributed by atoms with Crippen molar-refractivity contribution in [2.24, 2.45) is 0 Å². The topological polar surface area (TPSA) is 127 Å². The van der Waals surface area contributed by atoms with Crippen LogP contribution < -0.4 is 20.7 Å². The Bertz CT molecular complexity index is 1710. The second-order valence-electron chi connectivity index (χ2n) is 11.9. The van der Waals surface area contributed by atoms with Gasteiger partial charge >= 0.3 is 12.3 Å². The number of carbonyl (C=O) groups is 3. The highest BCUT2D eigenvalue weighted by Gasteiger charge is 2.31. The highest BCUT2D eigenvalue weighted by atomic mass is 19.4. The molecule has 1 aromatic heterocycles. The van der Waals surface area contributed by atoms with Crippen LogP contribution in [0.4, 0.5) is 28.0 Å². The number of anilines is 1. The Morgan fingerprint density at radius 3 is 2.36 bits per heavy atom. The van der Waals surface area contributed by atoms with E-state index in [2.05, 4.69) is 32.8 Å². The first-order valence-electron chi connectivity index (χ1n) is 14.8. The molecule has 0 unspecified atom stereocenters. The van der Waals surface area contributed by atoms with Crippen molar-refractivity contribution in [3.63, 3.8) is 0 Å². The first-order valence-corrected chi connectivity index (χ1v) is 14.8.